The van der Waals surface area contributed by atoms with Crippen LogP contribution in [-0.2, 0) is 13.5 Å². The maximum absolute atomic E-state index is 12.8. The lowest BCUT2D eigenvalue weighted by Crippen LogP contribution is -2.48. The summed E-state index contributed by atoms with van der Waals surface area (Å²) in [5.74, 6) is 1.67. The van der Waals surface area contributed by atoms with Crippen LogP contribution >= 0.6 is 0 Å². The van der Waals surface area contributed by atoms with Crippen molar-refractivity contribution in [3.05, 3.63) is 27.9 Å². The summed E-state index contributed by atoms with van der Waals surface area (Å²) in [4.78, 5) is 12.8. The quantitative estimate of drug-likeness (QED) is 0.795. The van der Waals surface area contributed by atoms with Crippen LogP contribution in [0.3, 0.4) is 0 Å². The first-order valence-electron chi connectivity index (χ1n) is 7.21. The Morgan fingerprint density at radius 2 is 2.09 bits per heavy atom. The molecule has 0 bridgehead atoms. The lowest BCUT2D eigenvalue weighted by molar-refractivity contribution is -0.0465. The fourth-order valence-corrected chi connectivity index (χ4v) is 3.10. The number of rotatable bonds is 0. The van der Waals surface area contributed by atoms with Gasteiger partial charge in [0.1, 0.15) is 11.1 Å². The van der Waals surface area contributed by atoms with Crippen molar-refractivity contribution < 1.29 is 19.3 Å². The number of fused-ring (bicyclic) bond motifs is 4. The zero-order chi connectivity index (χ0) is 15.6. The Morgan fingerprint density at radius 1 is 1.32 bits per heavy atom. The number of hydrogen-bond donors (Lipinski definition) is 1. The Balaban J connectivity index is 2.09. The van der Waals surface area contributed by atoms with Crippen LogP contribution in [-0.4, -0.2) is 28.2 Å². The van der Waals surface area contributed by atoms with Gasteiger partial charge in [0.25, 0.3) is 0 Å². The topological polar surface area (TPSA) is 69.9 Å². The largest absolute Gasteiger partial charge is 0.470 e. The molecule has 3 heterocycles. The lowest BCUT2D eigenvalue weighted by Gasteiger charge is -2.37. The predicted molar refractivity (Wildman–Crippen MR) is 79.7 cm³/mol. The van der Waals surface area contributed by atoms with E-state index in [4.69, 9.17) is 14.2 Å². The van der Waals surface area contributed by atoms with E-state index in [1.165, 1.54) is 0 Å². The van der Waals surface area contributed by atoms with E-state index in [-0.39, 0.29) is 18.6 Å². The third-order valence-electron chi connectivity index (χ3n) is 4.49. The minimum atomic E-state index is -0.750. The van der Waals surface area contributed by atoms with E-state index < -0.39 is 11.7 Å². The SMILES string of the molecule is Cn1c2c(c(=O)c3ccc4c(c31)OCO4)C[C@H](O)C(C)(C)O2. The molecule has 6 heteroatoms. The molecular weight excluding hydrogens is 286 g/mol. The van der Waals surface area contributed by atoms with Gasteiger partial charge in [-0.25, -0.2) is 0 Å². The van der Waals surface area contributed by atoms with Gasteiger partial charge in [-0.15, -0.1) is 0 Å². The van der Waals surface area contributed by atoms with Crippen LogP contribution in [0.25, 0.3) is 10.9 Å². The summed E-state index contributed by atoms with van der Waals surface area (Å²) in [7, 11) is 1.83. The molecule has 0 unspecified atom stereocenters. The van der Waals surface area contributed by atoms with Gasteiger partial charge in [0, 0.05) is 13.5 Å². The fourth-order valence-electron chi connectivity index (χ4n) is 3.10. The first kappa shape index (κ1) is 13.5. The second kappa shape index (κ2) is 4.16. The molecule has 0 amide bonds. The molecule has 0 fully saturated rings. The fraction of sp³-hybridized carbons (Fsp3) is 0.438. The standard InChI is InChI=1S/C16H17NO5/c1-16(2)11(18)6-9-13(19)8-4-5-10-14(21-7-20-10)12(8)17(3)15(9)22-16/h4-5,11,18H,6-7H2,1-3H3/t11-/m0/s1. The molecule has 4 rings (SSSR count). The summed E-state index contributed by atoms with van der Waals surface area (Å²) in [6, 6.07) is 3.47. The number of nitrogens with zero attached hydrogens (tertiary/aromatic N) is 1. The Bertz CT molecular complexity index is 852. The Labute approximate surface area is 126 Å². The van der Waals surface area contributed by atoms with Crippen LogP contribution in [0.5, 0.6) is 17.4 Å². The molecule has 116 valence electrons. The van der Waals surface area contributed by atoms with Crippen LogP contribution in [0.4, 0.5) is 0 Å². The van der Waals surface area contributed by atoms with Crippen LogP contribution < -0.4 is 19.6 Å². The molecule has 2 aliphatic heterocycles. The predicted octanol–water partition coefficient (Wildman–Crippen LogP) is 1.34. The number of benzene rings is 1. The summed E-state index contributed by atoms with van der Waals surface area (Å²) in [6.07, 6.45) is -0.446. The molecule has 1 aromatic carbocycles. The van der Waals surface area contributed by atoms with Gasteiger partial charge in [0.15, 0.2) is 16.9 Å². The van der Waals surface area contributed by atoms with Crippen molar-refractivity contribution in [2.24, 2.45) is 7.05 Å². The molecule has 1 N–H and O–H groups in total. The van der Waals surface area contributed by atoms with E-state index in [1.54, 1.807) is 12.1 Å². The number of aliphatic hydroxyl groups is 1. The minimum Gasteiger partial charge on any atom is -0.470 e. The summed E-state index contributed by atoms with van der Waals surface area (Å²) >= 11 is 0. The average Bonchev–Trinajstić information content (AvgIpc) is 2.94. The average molecular weight is 303 g/mol. The van der Waals surface area contributed by atoms with E-state index >= 15 is 0 Å². The van der Waals surface area contributed by atoms with Crippen molar-refractivity contribution >= 4 is 10.9 Å². The van der Waals surface area contributed by atoms with Gasteiger partial charge in [0.05, 0.1) is 17.1 Å². The van der Waals surface area contributed by atoms with Crippen molar-refractivity contribution in [3.8, 4) is 17.4 Å². The van der Waals surface area contributed by atoms with Gasteiger partial charge in [0.2, 0.25) is 12.7 Å². The zero-order valence-corrected chi connectivity index (χ0v) is 12.7. The van der Waals surface area contributed by atoms with Crippen molar-refractivity contribution in [1.82, 2.24) is 4.57 Å². The normalized spacial score (nSPS) is 21.5. The molecule has 22 heavy (non-hydrogen) atoms. The molecule has 2 aliphatic rings. The van der Waals surface area contributed by atoms with Crippen molar-refractivity contribution in [3.63, 3.8) is 0 Å². The first-order chi connectivity index (χ1) is 10.4. The van der Waals surface area contributed by atoms with E-state index in [0.717, 1.165) is 0 Å². The molecule has 0 spiro atoms. The Morgan fingerprint density at radius 3 is 2.86 bits per heavy atom. The molecule has 1 atom stereocenters. The molecular formula is C16H17NO5. The molecule has 0 saturated carbocycles. The van der Waals surface area contributed by atoms with Crippen LogP contribution in [0, 0.1) is 0 Å². The highest BCUT2D eigenvalue weighted by molar-refractivity contribution is 5.89. The highest BCUT2D eigenvalue weighted by atomic mass is 16.7. The lowest BCUT2D eigenvalue weighted by atomic mass is 9.91. The minimum absolute atomic E-state index is 0.129. The summed E-state index contributed by atoms with van der Waals surface area (Å²) in [6.45, 7) is 3.76. The van der Waals surface area contributed by atoms with Gasteiger partial charge < -0.3 is 23.9 Å². The smallest absolute Gasteiger partial charge is 0.231 e. The third-order valence-corrected chi connectivity index (χ3v) is 4.49. The van der Waals surface area contributed by atoms with Gasteiger partial charge in [-0.05, 0) is 26.0 Å². The van der Waals surface area contributed by atoms with Gasteiger partial charge in [-0.2, -0.15) is 0 Å². The van der Waals surface area contributed by atoms with E-state index in [0.29, 0.717) is 33.8 Å². The van der Waals surface area contributed by atoms with E-state index in [1.807, 2.05) is 25.5 Å². The first-order valence-corrected chi connectivity index (χ1v) is 7.21. The molecule has 6 nitrogen and oxygen atoms in total. The number of aromatic nitrogens is 1. The zero-order valence-electron chi connectivity index (χ0n) is 12.7. The third kappa shape index (κ3) is 1.61. The van der Waals surface area contributed by atoms with Gasteiger partial charge in [-0.1, -0.05) is 0 Å². The Hall–Kier alpha value is -2.21. The van der Waals surface area contributed by atoms with E-state index in [9.17, 15) is 9.90 Å². The monoisotopic (exact) mass is 303 g/mol. The van der Waals surface area contributed by atoms with Crippen LogP contribution in [0.15, 0.2) is 16.9 Å². The number of aliphatic hydroxyl groups excluding tert-OH is 1. The van der Waals surface area contributed by atoms with Gasteiger partial charge >= 0.3 is 0 Å². The number of ether oxygens (including phenoxy) is 3. The second-order valence-corrected chi connectivity index (χ2v) is 6.29. The summed E-state index contributed by atoms with van der Waals surface area (Å²) in [5, 5.41) is 10.8. The van der Waals surface area contributed by atoms with Gasteiger partial charge in [-0.3, -0.25) is 4.79 Å². The number of pyridine rings is 1. The molecule has 0 radical (unpaired) electrons. The van der Waals surface area contributed by atoms with Crippen LogP contribution in [0.1, 0.15) is 19.4 Å². The highest BCUT2D eigenvalue weighted by Gasteiger charge is 2.39. The van der Waals surface area contributed by atoms with E-state index in [2.05, 4.69) is 0 Å². The molecule has 1 aromatic heterocycles. The summed E-state index contributed by atoms with van der Waals surface area (Å²) < 4.78 is 18.7. The van der Waals surface area contributed by atoms with Crippen molar-refractivity contribution in [1.29, 1.82) is 0 Å². The Kier molecular flexibility index (Phi) is 2.55. The maximum atomic E-state index is 12.8. The van der Waals surface area contributed by atoms with Crippen molar-refractivity contribution in [2.45, 2.75) is 32.0 Å². The molecule has 0 saturated heterocycles. The summed E-state index contributed by atoms with van der Waals surface area (Å²) in [5.41, 5.74) is 0.280. The molecule has 2 aromatic rings. The van der Waals surface area contributed by atoms with Crippen molar-refractivity contribution in [2.75, 3.05) is 6.79 Å². The number of aryl methyl sites for hydroxylation is 1. The molecule has 0 aliphatic carbocycles. The van der Waals surface area contributed by atoms with Crippen LogP contribution in [0.2, 0.25) is 0 Å². The second-order valence-electron chi connectivity index (χ2n) is 6.29. The number of hydrogen-bond acceptors (Lipinski definition) is 5. The maximum Gasteiger partial charge on any atom is 0.231 e. The highest BCUT2D eigenvalue weighted by Crippen LogP contribution is 2.41.